The van der Waals surface area contributed by atoms with E-state index in [1.54, 1.807) is 0 Å². The van der Waals surface area contributed by atoms with E-state index in [1.807, 2.05) is 0 Å². The summed E-state index contributed by atoms with van der Waals surface area (Å²) in [6.07, 6.45) is -10.2. The van der Waals surface area contributed by atoms with Gasteiger partial charge in [0, 0.05) is 0 Å². The molecule has 0 aromatic carbocycles. The van der Waals surface area contributed by atoms with Crippen molar-refractivity contribution in [3.05, 3.63) is 22.8 Å². The van der Waals surface area contributed by atoms with Crippen molar-refractivity contribution < 1.29 is 26.3 Å². The molecule has 0 fully saturated rings. The Kier molecular flexibility index (Phi) is 3.01. The maximum absolute atomic E-state index is 12.4. The van der Waals surface area contributed by atoms with Crippen LogP contribution in [-0.4, -0.2) is 9.97 Å². The van der Waals surface area contributed by atoms with Crippen LogP contribution in [0.15, 0.2) is 0 Å². The Hall–Kier alpha value is -1.85. The SMILES string of the molecule is Cc1nc(C(F)(F)F)nc(C(F)(F)F)c1C#N. The minimum Gasteiger partial charge on any atom is -0.228 e. The lowest BCUT2D eigenvalue weighted by Gasteiger charge is -2.12. The molecule has 1 aromatic rings. The molecule has 17 heavy (non-hydrogen) atoms. The van der Waals surface area contributed by atoms with E-state index in [1.165, 1.54) is 0 Å². The van der Waals surface area contributed by atoms with Crippen molar-refractivity contribution >= 4 is 0 Å². The number of alkyl halides is 6. The van der Waals surface area contributed by atoms with Crippen molar-refractivity contribution in [1.29, 1.82) is 5.26 Å². The second-order valence-electron chi connectivity index (χ2n) is 2.96. The fourth-order valence-corrected chi connectivity index (χ4v) is 1.04. The number of aryl methyl sites for hydroxylation is 1. The van der Waals surface area contributed by atoms with E-state index in [0.717, 1.165) is 13.0 Å². The van der Waals surface area contributed by atoms with Crippen LogP contribution in [0.25, 0.3) is 0 Å². The minimum absolute atomic E-state index is 0.665. The van der Waals surface area contributed by atoms with Crippen LogP contribution in [0.3, 0.4) is 0 Å². The standard InChI is InChI=1S/C8H3F6N3/c1-3-4(2-15)5(7(9,10)11)17-6(16-3)8(12,13)14/h1H3. The third kappa shape index (κ3) is 2.64. The van der Waals surface area contributed by atoms with E-state index in [4.69, 9.17) is 5.26 Å². The number of rotatable bonds is 0. The monoisotopic (exact) mass is 255 g/mol. The van der Waals surface area contributed by atoms with Gasteiger partial charge < -0.3 is 0 Å². The van der Waals surface area contributed by atoms with Crippen LogP contribution in [-0.2, 0) is 12.4 Å². The predicted molar refractivity (Wildman–Crippen MR) is 41.5 cm³/mol. The van der Waals surface area contributed by atoms with Crippen LogP contribution >= 0.6 is 0 Å². The van der Waals surface area contributed by atoms with Crippen LogP contribution in [0.4, 0.5) is 26.3 Å². The smallest absolute Gasteiger partial charge is 0.228 e. The van der Waals surface area contributed by atoms with Crippen molar-refractivity contribution in [2.45, 2.75) is 19.3 Å². The van der Waals surface area contributed by atoms with Crippen LogP contribution in [0.2, 0.25) is 0 Å². The molecule has 0 atom stereocenters. The number of hydrogen-bond donors (Lipinski definition) is 0. The molecular formula is C8H3F6N3. The Bertz CT molecular complexity index is 482. The van der Waals surface area contributed by atoms with E-state index >= 15 is 0 Å². The molecule has 3 nitrogen and oxygen atoms in total. The van der Waals surface area contributed by atoms with Gasteiger partial charge in [-0.15, -0.1) is 0 Å². The van der Waals surface area contributed by atoms with Gasteiger partial charge in [-0.2, -0.15) is 31.6 Å². The number of halogens is 6. The molecule has 0 aliphatic carbocycles. The van der Waals surface area contributed by atoms with Gasteiger partial charge in [-0.1, -0.05) is 0 Å². The molecular weight excluding hydrogens is 252 g/mol. The molecule has 0 aliphatic rings. The van der Waals surface area contributed by atoms with E-state index in [0.29, 0.717) is 0 Å². The molecule has 1 rings (SSSR count). The highest BCUT2D eigenvalue weighted by atomic mass is 19.4. The zero-order chi connectivity index (χ0) is 13.4. The summed E-state index contributed by atoms with van der Waals surface area (Å²) in [5, 5.41) is 8.45. The van der Waals surface area contributed by atoms with Crippen LogP contribution in [0.5, 0.6) is 0 Å². The Balaban J connectivity index is 3.58. The van der Waals surface area contributed by atoms with Crippen LogP contribution in [0, 0.1) is 18.3 Å². The van der Waals surface area contributed by atoms with Gasteiger partial charge in [0.15, 0.2) is 5.69 Å². The molecule has 0 unspecified atom stereocenters. The average Bonchev–Trinajstić information content (AvgIpc) is 2.13. The van der Waals surface area contributed by atoms with E-state index in [2.05, 4.69) is 9.97 Å². The van der Waals surface area contributed by atoms with Crippen molar-refractivity contribution in [1.82, 2.24) is 9.97 Å². The summed E-state index contributed by atoms with van der Waals surface area (Å²) >= 11 is 0. The first-order valence-corrected chi connectivity index (χ1v) is 4.00. The summed E-state index contributed by atoms with van der Waals surface area (Å²) in [4.78, 5) is 5.19. The highest BCUT2D eigenvalue weighted by molar-refractivity contribution is 5.38. The quantitative estimate of drug-likeness (QED) is 0.669. The number of hydrogen-bond acceptors (Lipinski definition) is 3. The van der Waals surface area contributed by atoms with Gasteiger partial charge in [-0.05, 0) is 6.92 Å². The summed E-state index contributed by atoms with van der Waals surface area (Å²) in [5.74, 6) is -1.92. The van der Waals surface area contributed by atoms with Gasteiger partial charge in [0.1, 0.15) is 11.6 Å². The first kappa shape index (κ1) is 13.2. The highest BCUT2D eigenvalue weighted by Gasteiger charge is 2.42. The van der Waals surface area contributed by atoms with Crippen molar-refractivity contribution in [2.24, 2.45) is 0 Å². The Morgan fingerprint density at radius 2 is 1.53 bits per heavy atom. The lowest BCUT2D eigenvalue weighted by atomic mass is 10.1. The van der Waals surface area contributed by atoms with Gasteiger partial charge in [0.2, 0.25) is 5.82 Å². The van der Waals surface area contributed by atoms with Gasteiger partial charge in [0.25, 0.3) is 0 Å². The first-order chi connectivity index (χ1) is 7.57. The van der Waals surface area contributed by atoms with Crippen LogP contribution < -0.4 is 0 Å². The number of aromatic nitrogens is 2. The predicted octanol–water partition coefficient (Wildman–Crippen LogP) is 2.69. The first-order valence-electron chi connectivity index (χ1n) is 4.00. The topological polar surface area (TPSA) is 49.6 Å². The maximum Gasteiger partial charge on any atom is 0.451 e. The van der Waals surface area contributed by atoms with Crippen molar-refractivity contribution in [3.63, 3.8) is 0 Å². The Morgan fingerprint density at radius 1 is 1.00 bits per heavy atom. The normalized spacial score (nSPS) is 12.4. The van der Waals surface area contributed by atoms with Crippen LogP contribution in [0.1, 0.15) is 22.8 Å². The molecule has 0 amide bonds. The maximum atomic E-state index is 12.4. The molecule has 0 radical (unpaired) electrons. The highest BCUT2D eigenvalue weighted by Crippen LogP contribution is 2.34. The molecule has 0 saturated heterocycles. The van der Waals surface area contributed by atoms with Gasteiger partial charge >= 0.3 is 12.4 Å². The third-order valence-electron chi connectivity index (χ3n) is 1.72. The zero-order valence-electron chi connectivity index (χ0n) is 8.11. The van der Waals surface area contributed by atoms with E-state index in [-0.39, 0.29) is 0 Å². The molecule has 92 valence electrons. The lowest BCUT2D eigenvalue weighted by molar-refractivity contribution is -0.153. The molecule has 0 N–H and O–H groups in total. The third-order valence-corrected chi connectivity index (χ3v) is 1.72. The van der Waals surface area contributed by atoms with E-state index < -0.39 is 35.1 Å². The Morgan fingerprint density at radius 3 is 1.88 bits per heavy atom. The zero-order valence-corrected chi connectivity index (χ0v) is 8.11. The Labute approximate surface area is 90.7 Å². The fourth-order valence-electron chi connectivity index (χ4n) is 1.04. The van der Waals surface area contributed by atoms with Gasteiger partial charge in [-0.3, -0.25) is 0 Å². The molecule has 9 heteroatoms. The second kappa shape index (κ2) is 3.87. The largest absolute Gasteiger partial charge is 0.451 e. The summed E-state index contributed by atoms with van der Waals surface area (Å²) in [6, 6.07) is 1.14. The lowest BCUT2D eigenvalue weighted by Crippen LogP contribution is -2.20. The summed E-state index contributed by atoms with van der Waals surface area (Å²) < 4.78 is 73.7. The summed E-state index contributed by atoms with van der Waals surface area (Å²) in [7, 11) is 0. The second-order valence-corrected chi connectivity index (χ2v) is 2.96. The molecule has 1 aromatic heterocycles. The molecule has 0 saturated carbocycles. The minimum atomic E-state index is -5.14. The molecule has 1 heterocycles. The average molecular weight is 255 g/mol. The summed E-state index contributed by atoms with van der Waals surface area (Å²) in [5.41, 5.74) is -3.55. The number of nitriles is 1. The molecule has 0 bridgehead atoms. The molecule has 0 aliphatic heterocycles. The van der Waals surface area contributed by atoms with Crippen molar-refractivity contribution in [2.75, 3.05) is 0 Å². The fraction of sp³-hybridized carbons (Fsp3) is 0.375. The van der Waals surface area contributed by atoms with E-state index in [9.17, 15) is 26.3 Å². The van der Waals surface area contributed by atoms with Gasteiger partial charge in [-0.25, -0.2) is 9.97 Å². The van der Waals surface area contributed by atoms with Gasteiger partial charge in [0.05, 0.1) is 5.69 Å². The summed E-state index contributed by atoms with van der Waals surface area (Å²) in [6.45, 7) is 0.880. The molecule has 0 spiro atoms. The van der Waals surface area contributed by atoms with Crippen molar-refractivity contribution in [3.8, 4) is 6.07 Å². The number of nitrogens with zero attached hydrogens (tertiary/aromatic N) is 3.